The lowest BCUT2D eigenvalue weighted by Crippen LogP contribution is -2.22. The molecular weight excluding hydrogens is 356 g/mol. The number of aliphatic imine (C=N–C) groups is 2. The van der Waals surface area contributed by atoms with Crippen molar-refractivity contribution in [2.24, 2.45) is 9.98 Å². The number of aromatic carboxylic acids is 2. The van der Waals surface area contributed by atoms with Crippen molar-refractivity contribution in [3.63, 3.8) is 0 Å². The fraction of sp³-hybridized carbons (Fsp3) is 0. The van der Waals surface area contributed by atoms with E-state index in [4.69, 9.17) is 0 Å². The number of carbonyl (C=O) groups is 2. The van der Waals surface area contributed by atoms with Crippen LogP contribution in [0, 0.1) is 0 Å². The molecule has 28 heavy (non-hydrogen) atoms. The highest BCUT2D eigenvalue weighted by Crippen LogP contribution is 2.19. The maximum atomic E-state index is 11.1. The van der Waals surface area contributed by atoms with Crippen LogP contribution in [0.1, 0.15) is 31.8 Å². The monoisotopic (exact) mass is 370 g/mol. The zero-order chi connectivity index (χ0) is 19.9. The van der Waals surface area contributed by atoms with Crippen LogP contribution in [0.3, 0.4) is 0 Å². The van der Waals surface area contributed by atoms with Crippen LogP contribution in [0.4, 0.5) is 11.4 Å². The second-order valence-corrected chi connectivity index (χ2v) is 5.79. The summed E-state index contributed by atoms with van der Waals surface area (Å²) in [6.45, 7) is 0. The molecule has 0 saturated heterocycles. The van der Waals surface area contributed by atoms with E-state index >= 15 is 0 Å². The van der Waals surface area contributed by atoms with Gasteiger partial charge in [0.2, 0.25) is 0 Å². The zero-order valence-corrected chi connectivity index (χ0v) is 14.6. The van der Waals surface area contributed by atoms with Crippen LogP contribution in [0.15, 0.2) is 82.8 Å². The number of carbonyl (C=O) groups excluding carboxylic acids is 2. The van der Waals surface area contributed by atoms with Gasteiger partial charge >= 0.3 is 0 Å². The van der Waals surface area contributed by atoms with E-state index in [0.29, 0.717) is 11.4 Å². The highest BCUT2D eigenvalue weighted by Gasteiger charge is 2.01. The SMILES string of the molecule is O=C([O-])c1ccccc1N=Cc1ccc(C=Nc2ccccc2C(=O)[O-])cc1. The average Bonchev–Trinajstić information content (AvgIpc) is 2.71. The van der Waals surface area contributed by atoms with Crippen molar-refractivity contribution >= 4 is 35.7 Å². The maximum Gasteiger partial charge on any atom is 0.0737 e. The summed E-state index contributed by atoms with van der Waals surface area (Å²) in [5, 5.41) is 22.2. The molecule has 0 N–H and O–H groups in total. The van der Waals surface area contributed by atoms with E-state index in [-0.39, 0.29) is 11.1 Å². The minimum absolute atomic E-state index is 0.0223. The summed E-state index contributed by atoms with van der Waals surface area (Å²) in [4.78, 5) is 30.6. The first-order valence-corrected chi connectivity index (χ1v) is 8.33. The fourth-order valence-electron chi connectivity index (χ4n) is 2.47. The molecule has 0 saturated carbocycles. The highest BCUT2D eigenvalue weighted by molar-refractivity contribution is 5.95. The molecule has 0 unspecified atom stereocenters. The molecule has 0 aliphatic heterocycles. The average molecular weight is 370 g/mol. The van der Waals surface area contributed by atoms with Crippen LogP contribution in [-0.4, -0.2) is 24.4 Å². The molecule has 0 bridgehead atoms. The molecule has 0 heterocycles. The number of para-hydroxylation sites is 2. The molecule has 138 valence electrons. The lowest BCUT2D eigenvalue weighted by molar-refractivity contribution is -0.256. The topological polar surface area (TPSA) is 105 Å². The van der Waals surface area contributed by atoms with Crippen molar-refractivity contribution < 1.29 is 19.8 Å². The molecular formula is C22H14N2O4-2. The Labute approximate surface area is 161 Å². The minimum Gasteiger partial charge on any atom is -0.545 e. The third-order valence-corrected chi connectivity index (χ3v) is 3.89. The maximum absolute atomic E-state index is 11.1. The van der Waals surface area contributed by atoms with E-state index in [1.54, 1.807) is 73.1 Å². The molecule has 0 spiro atoms. The number of carboxylic acid groups (broad SMARTS) is 2. The smallest absolute Gasteiger partial charge is 0.0737 e. The van der Waals surface area contributed by atoms with Crippen molar-refractivity contribution in [1.29, 1.82) is 0 Å². The first kappa shape index (κ1) is 18.7. The molecule has 0 radical (unpaired) electrons. The number of hydrogen-bond donors (Lipinski definition) is 0. The molecule has 0 aromatic heterocycles. The minimum atomic E-state index is -1.28. The van der Waals surface area contributed by atoms with Gasteiger partial charge in [-0.05, 0) is 23.3 Å². The van der Waals surface area contributed by atoms with Crippen LogP contribution >= 0.6 is 0 Å². The summed E-state index contributed by atoms with van der Waals surface area (Å²) in [5.74, 6) is -2.56. The Bertz CT molecular complexity index is 983. The Morgan fingerprint density at radius 1 is 0.607 bits per heavy atom. The van der Waals surface area contributed by atoms with Crippen molar-refractivity contribution in [2.45, 2.75) is 0 Å². The molecule has 0 aliphatic rings. The number of carboxylic acids is 2. The van der Waals surface area contributed by atoms with E-state index in [0.717, 1.165) is 11.1 Å². The largest absolute Gasteiger partial charge is 0.545 e. The van der Waals surface area contributed by atoms with Crippen LogP contribution in [0.5, 0.6) is 0 Å². The van der Waals surface area contributed by atoms with E-state index in [1.165, 1.54) is 12.1 Å². The predicted molar refractivity (Wildman–Crippen MR) is 102 cm³/mol. The van der Waals surface area contributed by atoms with E-state index in [2.05, 4.69) is 9.98 Å². The third kappa shape index (κ3) is 4.56. The number of rotatable bonds is 6. The van der Waals surface area contributed by atoms with Gasteiger partial charge in [-0.15, -0.1) is 0 Å². The first-order chi connectivity index (χ1) is 13.5. The molecule has 0 aliphatic carbocycles. The summed E-state index contributed by atoms with van der Waals surface area (Å²) >= 11 is 0. The Hall–Kier alpha value is -4.06. The molecule has 3 rings (SSSR count). The molecule has 6 nitrogen and oxygen atoms in total. The first-order valence-electron chi connectivity index (χ1n) is 8.33. The van der Waals surface area contributed by atoms with Crippen LogP contribution in [-0.2, 0) is 0 Å². The van der Waals surface area contributed by atoms with Gasteiger partial charge in [-0.25, -0.2) is 0 Å². The van der Waals surface area contributed by atoms with Crippen molar-refractivity contribution in [3.05, 3.63) is 95.1 Å². The fourth-order valence-corrected chi connectivity index (χ4v) is 2.47. The summed E-state index contributed by atoms with van der Waals surface area (Å²) in [6.07, 6.45) is 3.10. The van der Waals surface area contributed by atoms with Crippen molar-refractivity contribution in [1.82, 2.24) is 0 Å². The summed E-state index contributed by atoms with van der Waals surface area (Å²) in [6, 6.07) is 19.8. The second-order valence-electron chi connectivity index (χ2n) is 5.79. The van der Waals surface area contributed by atoms with Gasteiger partial charge in [0.1, 0.15) is 0 Å². The number of hydrogen-bond acceptors (Lipinski definition) is 6. The number of nitrogens with zero attached hydrogens (tertiary/aromatic N) is 2. The van der Waals surface area contributed by atoms with Crippen LogP contribution in [0.25, 0.3) is 0 Å². The molecule has 0 fully saturated rings. The quantitative estimate of drug-likeness (QED) is 0.618. The van der Waals surface area contributed by atoms with E-state index in [9.17, 15) is 19.8 Å². The number of benzene rings is 3. The lowest BCUT2D eigenvalue weighted by Gasteiger charge is -2.05. The van der Waals surface area contributed by atoms with Gasteiger partial charge in [-0.1, -0.05) is 60.7 Å². The standard InChI is InChI=1S/C22H16N2O4/c25-21(26)17-5-1-3-7-19(17)23-13-15-9-11-16(12-10-15)14-24-20-8-4-2-6-18(20)22(27)28/h1-14H,(H,25,26)(H,27,28)/p-2. The van der Waals surface area contributed by atoms with E-state index < -0.39 is 11.9 Å². The molecule has 0 amide bonds. The summed E-state index contributed by atoms with van der Waals surface area (Å²) in [7, 11) is 0. The van der Waals surface area contributed by atoms with Gasteiger partial charge in [0.05, 0.1) is 23.3 Å². The Balaban J connectivity index is 1.76. The van der Waals surface area contributed by atoms with Crippen molar-refractivity contribution in [2.75, 3.05) is 0 Å². The lowest BCUT2D eigenvalue weighted by atomic mass is 10.1. The predicted octanol–water partition coefficient (Wildman–Crippen LogP) is 1.91. The highest BCUT2D eigenvalue weighted by atomic mass is 16.4. The van der Waals surface area contributed by atoms with Gasteiger partial charge in [-0.3, -0.25) is 9.98 Å². The van der Waals surface area contributed by atoms with Crippen LogP contribution in [0.2, 0.25) is 0 Å². The second kappa shape index (κ2) is 8.55. The van der Waals surface area contributed by atoms with Gasteiger partial charge in [0, 0.05) is 23.6 Å². The van der Waals surface area contributed by atoms with Gasteiger partial charge < -0.3 is 19.8 Å². The summed E-state index contributed by atoms with van der Waals surface area (Å²) < 4.78 is 0. The van der Waals surface area contributed by atoms with Crippen LogP contribution < -0.4 is 10.2 Å². The Kier molecular flexibility index (Phi) is 5.72. The molecule has 0 atom stereocenters. The molecule has 3 aromatic rings. The van der Waals surface area contributed by atoms with Gasteiger partial charge in [0.15, 0.2) is 0 Å². The third-order valence-electron chi connectivity index (χ3n) is 3.89. The molecule has 3 aromatic carbocycles. The normalized spacial score (nSPS) is 11.1. The summed E-state index contributed by atoms with van der Waals surface area (Å²) in [5.41, 5.74) is 2.20. The Morgan fingerprint density at radius 2 is 0.964 bits per heavy atom. The molecule has 6 heteroatoms. The van der Waals surface area contributed by atoms with Crippen molar-refractivity contribution in [3.8, 4) is 0 Å². The zero-order valence-electron chi connectivity index (χ0n) is 14.6. The van der Waals surface area contributed by atoms with E-state index in [1.807, 2.05) is 0 Å². The van der Waals surface area contributed by atoms with Gasteiger partial charge in [-0.2, -0.15) is 0 Å². The van der Waals surface area contributed by atoms with Gasteiger partial charge in [0.25, 0.3) is 0 Å². The Morgan fingerprint density at radius 3 is 1.32 bits per heavy atom.